The first-order valence-electron chi connectivity index (χ1n) is 11.4. The summed E-state index contributed by atoms with van der Waals surface area (Å²) >= 11 is 0. The van der Waals surface area contributed by atoms with Gasteiger partial charge in [-0.1, -0.05) is 30.3 Å². The fourth-order valence-corrected chi connectivity index (χ4v) is 4.11. The van der Waals surface area contributed by atoms with Gasteiger partial charge >= 0.3 is 0 Å². The van der Waals surface area contributed by atoms with Crippen molar-refractivity contribution in [3.05, 3.63) is 94.9 Å². The molecule has 0 saturated carbocycles. The van der Waals surface area contributed by atoms with E-state index in [1.807, 2.05) is 66.7 Å². The molecule has 6 heteroatoms. The predicted molar refractivity (Wildman–Crippen MR) is 129 cm³/mol. The first-order chi connectivity index (χ1) is 16.2. The lowest BCUT2D eigenvalue weighted by Crippen LogP contribution is -2.25. The van der Waals surface area contributed by atoms with E-state index in [1.54, 1.807) is 10.8 Å². The van der Waals surface area contributed by atoms with Crippen molar-refractivity contribution in [2.45, 2.75) is 19.4 Å². The minimum absolute atomic E-state index is 0.144. The summed E-state index contributed by atoms with van der Waals surface area (Å²) in [5.41, 5.74) is 2.54. The van der Waals surface area contributed by atoms with Crippen LogP contribution in [-0.4, -0.2) is 40.7 Å². The number of nitrogens with zero attached hydrogens (tertiary/aromatic N) is 3. The Kier molecular flexibility index (Phi) is 6.35. The summed E-state index contributed by atoms with van der Waals surface area (Å²) in [5.74, 6) is 1.19. The van der Waals surface area contributed by atoms with Gasteiger partial charge in [-0.25, -0.2) is 4.98 Å². The second kappa shape index (κ2) is 9.88. The summed E-state index contributed by atoms with van der Waals surface area (Å²) in [6.07, 6.45) is 4.30. The maximum atomic E-state index is 12.7. The Balaban J connectivity index is 1.26. The van der Waals surface area contributed by atoms with E-state index in [1.165, 1.54) is 18.9 Å². The Bertz CT molecular complexity index is 1280. The zero-order chi connectivity index (χ0) is 22.5. The van der Waals surface area contributed by atoms with Crippen molar-refractivity contribution >= 4 is 10.9 Å². The van der Waals surface area contributed by atoms with Crippen molar-refractivity contribution in [2.24, 2.45) is 0 Å². The van der Waals surface area contributed by atoms with Crippen LogP contribution in [0.1, 0.15) is 18.4 Å². The van der Waals surface area contributed by atoms with E-state index >= 15 is 0 Å². The SMILES string of the molecule is O=c1cc(OCc2ccccc2)ccn1-c1ccc2nc(OCCN3CCCC3)ccc2c1. The number of benzene rings is 2. The van der Waals surface area contributed by atoms with Gasteiger partial charge in [-0.05, 0) is 61.8 Å². The van der Waals surface area contributed by atoms with Gasteiger partial charge in [-0.2, -0.15) is 0 Å². The number of aromatic nitrogens is 2. The van der Waals surface area contributed by atoms with Crippen molar-refractivity contribution in [2.75, 3.05) is 26.2 Å². The minimum Gasteiger partial charge on any atom is -0.489 e. The van der Waals surface area contributed by atoms with Crippen LogP contribution in [0.5, 0.6) is 11.6 Å². The van der Waals surface area contributed by atoms with Crippen LogP contribution < -0.4 is 15.0 Å². The lowest BCUT2D eigenvalue weighted by atomic mass is 10.2. The number of ether oxygens (including phenoxy) is 2. The highest BCUT2D eigenvalue weighted by molar-refractivity contribution is 5.81. The summed E-state index contributed by atoms with van der Waals surface area (Å²) in [5, 5.41) is 0.954. The van der Waals surface area contributed by atoms with Gasteiger partial charge in [-0.15, -0.1) is 0 Å². The van der Waals surface area contributed by atoms with Crippen LogP contribution in [0.4, 0.5) is 0 Å². The number of hydrogen-bond donors (Lipinski definition) is 0. The van der Waals surface area contributed by atoms with Gasteiger partial charge in [0.1, 0.15) is 19.0 Å². The van der Waals surface area contributed by atoms with Gasteiger partial charge in [0, 0.05) is 35.9 Å². The molecule has 0 bridgehead atoms. The summed E-state index contributed by atoms with van der Waals surface area (Å²) in [7, 11) is 0. The third-order valence-electron chi connectivity index (χ3n) is 5.92. The minimum atomic E-state index is -0.144. The number of rotatable bonds is 8. The van der Waals surface area contributed by atoms with Crippen molar-refractivity contribution in [3.63, 3.8) is 0 Å². The fourth-order valence-electron chi connectivity index (χ4n) is 4.11. The van der Waals surface area contributed by atoms with Crippen molar-refractivity contribution in [1.29, 1.82) is 0 Å². The van der Waals surface area contributed by atoms with E-state index in [4.69, 9.17) is 9.47 Å². The second-order valence-electron chi connectivity index (χ2n) is 8.27. The molecule has 3 heterocycles. The molecule has 1 fully saturated rings. The smallest absolute Gasteiger partial charge is 0.258 e. The van der Waals surface area contributed by atoms with Crippen molar-refractivity contribution in [1.82, 2.24) is 14.5 Å². The van der Waals surface area contributed by atoms with Gasteiger partial charge in [0.05, 0.1) is 5.52 Å². The molecule has 168 valence electrons. The normalized spacial score (nSPS) is 13.9. The molecule has 4 aromatic rings. The molecular formula is C27H27N3O3. The Morgan fingerprint density at radius 3 is 2.55 bits per heavy atom. The standard InChI is InChI=1S/C27H27N3O3/c31-27-19-24(33-20-21-6-2-1-3-7-21)12-15-30(27)23-9-10-25-22(18-23)8-11-26(28-25)32-17-16-29-13-4-5-14-29/h1-3,6-12,15,18-19H,4-5,13-14,16-17,20H2. The highest BCUT2D eigenvalue weighted by Crippen LogP contribution is 2.20. The van der Waals surface area contributed by atoms with Gasteiger partial charge < -0.3 is 9.47 Å². The second-order valence-corrected chi connectivity index (χ2v) is 8.27. The molecule has 2 aromatic heterocycles. The molecule has 1 aliphatic rings. The molecule has 0 spiro atoms. The quantitative estimate of drug-likeness (QED) is 0.405. The Morgan fingerprint density at radius 2 is 1.73 bits per heavy atom. The Labute approximate surface area is 193 Å². The van der Waals surface area contributed by atoms with Crippen LogP contribution in [0.25, 0.3) is 16.6 Å². The lowest BCUT2D eigenvalue weighted by molar-refractivity contribution is 0.232. The highest BCUT2D eigenvalue weighted by atomic mass is 16.5. The molecule has 0 N–H and O–H groups in total. The number of fused-ring (bicyclic) bond motifs is 1. The molecule has 6 nitrogen and oxygen atoms in total. The fraction of sp³-hybridized carbons (Fsp3) is 0.259. The highest BCUT2D eigenvalue weighted by Gasteiger charge is 2.11. The van der Waals surface area contributed by atoms with Crippen LogP contribution >= 0.6 is 0 Å². The van der Waals surface area contributed by atoms with E-state index < -0.39 is 0 Å². The van der Waals surface area contributed by atoms with E-state index in [-0.39, 0.29) is 5.56 Å². The van der Waals surface area contributed by atoms with Crippen molar-refractivity contribution < 1.29 is 9.47 Å². The molecule has 0 amide bonds. The van der Waals surface area contributed by atoms with Gasteiger partial charge in [-0.3, -0.25) is 14.3 Å². The molecule has 2 aromatic carbocycles. The summed E-state index contributed by atoms with van der Waals surface area (Å²) < 4.78 is 13.2. The van der Waals surface area contributed by atoms with Gasteiger partial charge in [0.15, 0.2) is 0 Å². The van der Waals surface area contributed by atoms with E-state index in [2.05, 4.69) is 9.88 Å². The zero-order valence-corrected chi connectivity index (χ0v) is 18.5. The molecule has 0 atom stereocenters. The number of pyridine rings is 2. The van der Waals surface area contributed by atoms with Gasteiger partial charge in [0.25, 0.3) is 5.56 Å². The Morgan fingerprint density at radius 1 is 0.879 bits per heavy atom. The summed E-state index contributed by atoms with van der Waals surface area (Å²) in [4.78, 5) is 19.7. The molecule has 5 rings (SSSR count). The van der Waals surface area contributed by atoms with Crippen LogP contribution in [0.15, 0.2) is 83.8 Å². The lowest BCUT2D eigenvalue weighted by Gasteiger charge is -2.14. The van der Waals surface area contributed by atoms with Crippen molar-refractivity contribution in [3.8, 4) is 17.3 Å². The third kappa shape index (κ3) is 5.23. The molecule has 1 saturated heterocycles. The maximum absolute atomic E-state index is 12.7. The molecule has 0 aliphatic carbocycles. The monoisotopic (exact) mass is 441 g/mol. The first-order valence-corrected chi connectivity index (χ1v) is 11.4. The van der Waals surface area contributed by atoms with E-state index in [9.17, 15) is 4.79 Å². The average molecular weight is 442 g/mol. The molecule has 0 radical (unpaired) electrons. The average Bonchev–Trinajstić information content (AvgIpc) is 3.37. The largest absolute Gasteiger partial charge is 0.489 e. The van der Waals surface area contributed by atoms with Crippen LogP contribution in [0.3, 0.4) is 0 Å². The number of likely N-dealkylation sites (tertiary alicyclic amines) is 1. The molecule has 0 unspecified atom stereocenters. The molecule has 33 heavy (non-hydrogen) atoms. The Hall–Kier alpha value is -3.64. The van der Waals surface area contributed by atoms with Crippen LogP contribution in [0.2, 0.25) is 0 Å². The van der Waals surface area contributed by atoms with Crippen LogP contribution in [-0.2, 0) is 6.61 Å². The maximum Gasteiger partial charge on any atom is 0.258 e. The zero-order valence-electron chi connectivity index (χ0n) is 18.5. The van der Waals surface area contributed by atoms with E-state index in [0.717, 1.165) is 41.8 Å². The van der Waals surface area contributed by atoms with Gasteiger partial charge in [0.2, 0.25) is 5.88 Å². The molecule has 1 aliphatic heterocycles. The summed E-state index contributed by atoms with van der Waals surface area (Å²) in [6, 6.07) is 22.9. The van der Waals surface area contributed by atoms with E-state index in [0.29, 0.717) is 24.8 Å². The molecular weight excluding hydrogens is 414 g/mol. The van der Waals surface area contributed by atoms with Crippen LogP contribution in [0, 0.1) is 0 Å². The first kappa shape index (κ1) is 21.2. The third-order valence-corrected chi connectivity index (χ3v) is 5.92. The predicted octanol–water partition coefficient (Wildman–Crippen LogP) is 4.44. The topological polar surface area (TPSA) is 56.6 Å². The number of hydrogen-bond acceptors (Lipinski definition) is 5. The summed E-state index contributed by atoms with van der Waals surface area (Å²) in [6.45, 7) is 4.33.